The van der Waals surface area contributed by atoms with Crippen LogP contribution in [-0.4, -0.2) is 35.6 Å². The van der Waals surface area contributed by atoms with Gasteiger partial charge in [0.2, 0.25) is 0 Å². The number of nitrogens with one attached hydrogen (secondary N) is 1. The third-order valence-corrected chi connectivity index (χ3v) is 3.88. The van der Waals surface area contributed by atoms with E-state index in [1.807, 2.05) is 0 Å². The Hall–Kier alpha value is -0.870. The average molecular weight is 251 g/mol. The molecule has 0 unspecified atom stereocenters. The van der Waals surface area contributed by atoms with E-state index in [1.54, 1.807) is 0 Å². The normalized spacial score (nSPS) is 20.3. The monoisotopic (exact) mass is 251 g/mol. The van der Waals surface area contributed by atoms with Crippen molar-refractivity contribution in [1.82, 2.24) is 15.1 Å². The first-order valence-electron chi connectivity index (χ1n) is 7.00. The van der Waals surface area contributed by atoms with Gasteiger partial charge in [-0.2, -0.15) is 5.10 Å². The number of rotatable bonds is 5. The largest absolute Gasteiger partial charge is 0.380 e. The fourth-order valence-corrected chi connectivity index (χ4v) is 2.44. The van der Waals surface area contributed by atoms with E-state index in [0.717, 1.165) is 38.4 Å². The highest BCUT2D eigenvalue weighted by atomic mass is 16.5. The van der Waals surface area contributed by atoms with Crippen LogP contribution in [0.15, 0.2) is 0 Å². The summed E-state index contributed by atoms with van der Waals surface area (Å²) in [5.41, 5.74) is 3.78. The van der Waals surface area contributed by atoms with Gasteiger partial charge in [0.25, 0.3) is 0 Å². The average Bonchev–Trinajstić information content (AvgIpc) is 2.64. The lowest BCUT2D eigenvalue weighted by atomic mass is 10.1. The molecule has 0 radical (unpaired) electrons. The van der Waals surface area contributed by atoms with Crippen molar-refractivity contribution in [3.8, 4) is 0 Å². The van der Waals surface area contributed by atoms with Gasteiger partial charge in [-0.3, -0.25) is 4.68 Å². The summed E-state index contributed by atoms with van der Waals surface area (Å²) in [6, 6.07) is 0.556. The van der Waals surface area contributed by atoms with E-state index in [9.17, 15) is 0 Å². The molecular weight excluding hydrogens is 226 g/mol. The Balaban J connectivity index is 1.70. The van der Waals surface area contributed by atoms with E-state index in [1.165, 1.54) is 24.1 Å². The van der Waals surface area contributed by atoms with Crippen LogP contribution < -0.4 is 5.32 Å². The molecule has 1 fully saturated rings. The minimum absolute atomic E-state index is 0.556. The first-order valence-corrected chi connectivity index (χ1v) is 7.00. The van der Waals surface area contributed by atoms with Crippen molar-refractivity contribution in [3.05, 3.63) is 17.0 Å². The molecule has 0 saturated carbocycles. The third kappa shape index (κ3) is 3.33. The van der Waals surface area contributed by atoms with Gasteiger partial charge >= 0.3 is 0 Å². The summed E-state index contributed by atoms with van der Waals surface area (Å²) in [4.78, 5) is 0. The molecule has 2 rings (SSSR count). The van der Waals surface area contributed by atoms with Gasteiger partial charge in [0.15, 0.2) is 0 Å². The maximum Gasteiger partial charge on any atom is 0.0625 e. The second-order valence-electron chi connectivity index (χ2n) is 5.24. The zero-order chi connectivity index (χ0) is 13.0. The zero-order valence-corrected chi connectivity index (χ0v) is 11.8. The van der Waals surface area contributed by atoms with Crippen molar-refractivity contribution in [2.24, 2.45) is 0 Å². The topological polar surface area (TPSA) is 39.1 Å². The van der Waals surface area contributed by atoms with E-state index in [0.29, 0.717) is 6.04 Å². The van der Waals surface area contributed by atoms with Crippen molar-refractivity contribution >= 4 is 0 Å². The minimum atomic E-state index is 0.556. The molecular formula is C14H25N3O. The molecule has 0 aromatic carbocycles. The molecule has 4 nitrogen and oxygen atoms in total. The van der Waals surface area contributed by atoms with E-state index < -0.39 is 0 Å². The Kier molecular flexibility index (Phi) is 4.78. The Bertz CT molecular complexity index is 381. The lowest BCUT2D eigenvalue weighted by molar-refractivity contribution is 0.0704. The van der Waals surface area contributed by atoms with Gasteiger partial charge in [-0.05, 0) is 52.1 Å². The zero-order valence-electron chi connectivity index (χ0n) is 11.8. The van der Waals surface area contributed by atoms with Gasteiger partial charge in [-0.1, -0.05) is 0 Å². The van der Waals surface area contributed by atoms with Crippen molar-refractivity contribution < 1.29 is 4.74 Å². The smallest absolute Gasteiger partial charge is 0.0625 e. The SMILES string of the molecule is Cc1nn(CCCN[C@@H]2CCCOC2)c(C)c1C. The second kappa shape index (κ2) is 6.34. The van der Waals surface area contributed by atoms with Crippen molar-refractivity contribution in [2.75, 3.05) is 19.8 Å². The van der Waals surface area contributed by atoms with E-state index >= 15 is 0 Å². The summed E-state index contributed by atoms with van der Waals surface area (Å²) in [6.45, 7) is 10.2. The van der Waals surface area contributed by atoms with Crippen LogP contribution >= 0.6 is 0 Å². The molecule has 2 heterocycles. The van der Waals surface area contributed by atoms with E-state index in [4.69, 9.17) is 4.74 Å². The van der Waals surface area contributed by atoms with Crippen LogP contribution in [0.4, 0.5) is 0 Å². The molecule has 0 spiro atoms. The number of ether oxygens (including phenoxy) is 1. The lowest BCUT2D eigenvalue weighted by Gasteiger charge is -2.23. The number of hydrogen-bond acceptors (Lipinski definition) is 3. The highest BCUT2D eigenvalue weighted by Crippen LogP contribution is 2.11. The number of aromatic nitrogens is 2. The van der Waals surface area contributed by atoms with Crippen LogP contribution in [0.1, 0.15) is 36.2 Å². The standard InChI is InChI=1S/C14H25N3O/c1-11-12(2)16-17(13(11)3)8-5-7-15-14-6-4-9-18-10-14/h14-15H,4-10H2,1-3H3/t14-/m1/s1. The molecule has 4 heteroatoms. The molecule has 0 amide bonds. The maximum absolute atomic E-state index is 5.46. The highest BCUT2D eigenvalue weighted by Gasteiger charge is 2.12. The Morgan fingerprint density at radius 3 is 2.83 bits per heavy atom. The van der Waals surface area contributed by atoms with Crippen LogP contribution in [0, 0.1) is 20.8 Å². The summed E-state index contributed by atoms with van der Waals surface area (Å²) >= 11 is 0. The number of hydrogen-bond donors (Lipinski definition) is 1. The van der Waals surface area contributed by atoms with Crippen molar-refractivity contribution in [3.63, 3.8) is 0 Å². The molecule has 18 heavy (non-hydrogen) atoms. The van der Waals surface area contributed by atoms with Gasteiger partial charge in [0.05, 0.1) is 12.3 Å². The molecule has 1 aliphatic heterocycles. The van der Waals surface area contributed by atoms with Gasteiger partial charge in [-0.15, -0.1) is 0 Å². The fraction of sp³-hybridized carbons (Fsp3) is 0.786. The van der Waals surface area contributed by atoms with Gasteiger partial charge in [-0.25, -0.2) is 0 Å². The molecule has 0 bridgehead atoms. The molecule has 0 aliphatic carbocycles. The molecule has 102 valence electrons. The Morgan fingerprint density at radius 2 is 2.22 bits per heavy atom. The first kappa shape index (κ1) is 13.6. The Morgan fingerprint density at radius 1 is 1.39 bits per heavy atom. The van der Waals surface area contributed by atoms with Crippen LogP contribution in [0.3, 0.4) is 0 Å². The lowest BCUT2D eigenvalue weighted by Crippen LogP contribution is -2.37. The third-order valence-electron chi connectivity index (χ3n) is 3.88. The van der Waals surface area contributed by atoms with Gasteiger partial charge in [0.1, 0.15) is 0 Å². The number of aryl methyl sites for hydroxylation is 2. The van der Waals surface area contributed by atoms with Crippen molar-refractivity contribution in [2.45, 2.75) is 52.6 Å². The summed E-state index contributed by atoms with van der Waals surface area (Å²) < 4.78 is 7.58. The molecule has 1 aromatic rings. The molecule has 1 saturated heterocycles. The molecule has 1 aliphatic rings. The summed E-state index contributed by atoms with van der Waals surface area (Å²) in [7, 11) is 0. The van der Waals surface area contributed by atoms with Crippen LogP contribution in [-0.2, 0) is 11.3 Å². The second-order valence-corrected chi connectivity index (χ2v) is 5.24. The summed E-state index contributed by atoms with van der Waals surface area (Å²) in [5, 5.41) is 8.12. The van der Waals surface area contributed by atoms with E-state index in [2.05, 4.69) is 35.9 Å². The predicted molar refractivity (Wildman–Crippen MR) is 72.9 cm³/mol. The summed E-state index contributed by atoms with van der Waals surface area (Å²) in [5.74, 6) is 0. The molecule has 1 aromatic heterocycles. The highest BCUT2D eigenvalue weighted by molar-refractivity contribution is 5.21. The van der Waals surface area contributed by atoms with E-state index in [-0.39, 0.29) is 0 Å². The maximum atomic E-state index is 5.46. The van der Waals surface area contributed by atoms with Crippen molar-refractivity contribution in [1.29, 1.82) is 0 Å². The fourth-order valence-electron chi connectivity index (χ4n) is 2.44. The molecule has 1 atom stereocenters. The van der Waals surface area contributed by atoms with Crippen LogP contribution in [0.5, 0.6) is 0 Å². The quantitative estimate of drug-likeness (QED) is 0.813. The number of nitrogens with zero attached hydrogens (tertiary/aromatic N) is 2. The van der Waals surface area contributed by atoms with Crippen LogP contribution in [0.2, 0.25) is 0 Å². The minimum Gasteiger partial charge on any atom is -0.380 e. The first-order chi connectivity index (χ1) is 8.68. The predicted octanol–water partition coefficient (Wildman–Crippen LogP) is 1.97. The Labute approximate surface area is 110 Å². The summed E-state index contributed by atoms with van der Waals surface area (Å²) in [6.07, 6.45) is 3.56. The van der Waals surface area contributed by atoms with Gasteiger partial charge in [0, 0.05) is 24.9 Å². The van der Waals surface area contributed by atoms with Crippen LogP contribution in [0.25, 0.3) is 0 Å². The molecule has 1 N–H and O–H groups in total. The van der Waals surface area contributed by atoms with Gasteiger partial charge < -0.3 is 10.1 Å².